The second kappa shape index (κ2) is 7.99. The number of amides is 3. The van der Waals surface area contributed by atoms with Gasteiger partial charge < -0.3 is 24.5 Å². The van der Waals surface area contributed by atoms with Gasteiger partial charge in [-0.05, 0) is 34.1 Å². The molecule has 4 rings (SSSR count). The number of carbonyl (C=O) groups excluding carboxylic acids is 3. The van der Waals surface area contributed by atoms with Crippen molar-refractivity contribution >= 4 is 17.7 Å². The zero-order chi connectivity index (χ0) is 23.4. The van der Waals surface area contributed by atoms with Crippen molar-refractivity contribution in [3.63, 3.8) is 0 Å². The van der Waals surface area contributed by atoms with Gasteiger partial charge in [0.25, 0.3) is 0 Å². The second-order valence-corrected chi connectivity index (χ2v) is 9.95. The molecule has 32 heavy (non-hydrogen) atoms. The lowest BCUT2D eigenvalue weighted by atomic mass is 9.74. The highest BCUT2D eigenvalue weighted by atomic mass is 16.5. The maximum absolute atomic E-state index is 13.9. The fourth-order valence-corrected chi connectivity index (χ4v) is 6.03. The summed E-state index contributed by atoms with van der Waals surface area (Å²) in [6, 6.07) is -1.56. The molecule has 3 amide bonds. The third-order valence-corrected chi connectivity index (χ3v) is 7.47. The maximum atomic E-state index is 13.9. The molecule has 1 N–H and O–H groups in total. The van der Waals surface area contributed by atoms with Gasteiger partial charge in [-0.3, -0.25) is 14.4 Å². The number of nitrogens with zero attached hydrogens (tertiary/aromatic N) is 3. The molecule has 0 aromatic rings. The minimum absolute atomic E-state index is 0.0632. The summed E-state index contributed by atoms with van der Waals surface area (Å²) in [7, 11) is 0. The molecule has 8 heteroatoms. The van der Waals surface area contributed by atoms with E-state index in [1.165, 1.54) is 4.90 Å². The number of likely N-dealkylation sites (tertiary alicyclic amines) is 1. The van der Waals surface area contributed by atoms with Gasteiger partial charge in [0.05, 0.1) is 30.1 Å². The van der Waals surface area contributed by atoms with Gasteiger partial charge in [0, 0.05) is 25.7 Å². The summed E-state index contributed by atoms with van der Waals surface area (Å²) in [5, 5.41) is 9.92. The number of aliphatic hydroxyl groups is 1. The van der Waals surface area contributed by atoms with Crippen LogP contribution in [0.15, 0.2) is 24.3 Å². The van der Waals surface area contributed by atoms with Crippen molar-refractivity contribution in [2.24, 2.45) is 11.8 Å². The summed E-state index contributed by atoms with van der Waals surface area (Å²) in [6.45, 7) is 10.7. The molecular weight excluding hydrogens is 410 g/mol. The van der Waals surface area contributed by atoms with Crippen LogP contribution in [0.25, 0.3) is 0 Å². The smallest absolute Gasteiger partial charge is 0.249 e. The van der Waals surface area contributed by atoms with Crippen molar-refractivity contribution in [3.8, 4) is 0 Å². The zero-order valence-electron chi connectivity index (χ0n) is 19.7. The summed E-state index contributed by atoms with van der Waals surface area (Å²) in [5.74, 6) is -2.18. The average molecular weight is 446 g/mol. The molecule has 8 nitrogen and oxygen atoms in total. The minimum Gasteiger partial charge on any atom is -0.394 e. The van der Waals surface area contributed by atoms with Gasteiger partial charge in [0.2, 0.25) is 17.7 Å². The van der Waals surface area contributed by atoms with Gasteiger partial charge in [0.1, 0.15) is 11.6 Å². The first-order chi connectivity index (χ1) is 15.1. The van der Waals surface area contributed by atoms with E-state index in [0.717, 1.165) is 6.42 Å². The number of hydrogen-bond donors (Lipinski definition) is 1. The minimum atomic E-state index is -1.25. The fourth-order valence-electron chi connectivity index (χ4n) is 6.03. The van der Waals surface area contributed by atoms with Gasteiger partial charge in [-0.15, -0.1) is 0 Å². The Morgan fingerprint density at radius 3 is 2.38 bits per heavy atom. The highest BCUT2D eigenvalue weighted by molar-refractivity contribution is 6.00. The Labute approximate surface area is 189 Å². The van der Waals surface area contributed by atoms with E-state index in [1.807, 2.05) is 52.0 Å². The van der Waals surface area contributed by atoms with E-state index in [4.69, 9.17) is 4.74 Å². The molecule has 4 aliphatic rings. The lowest BCUT2D eigenvalue weighted by Crippen LogP contribution is -2.59. The lowest BCUT2D eigenvalue weighted by Gasteiger charge is -2.40. The quantitative estimate of drug-likeness (QED) is 0.637. The summed E-state index contributed by atoms with van der Waals surface area (Å²) in [6.07, 6.45) is 8.37. The molecule has 0 aromatic carbocycles. The third kappa shape index (κ3) is 3.06. The van der Waals surface area contributed by atoms with E-state index in [1.54, 1.807) is 16.7 Å². The zero-order valence-corrected chi connectivity index (χ0v) is 19.7. The molecule has 1 spiro atoms. The molecular formula is C24H35N3O5. The molecule has 2 fully saturated rings. The first kappa shape index (κ1) is 23.0. The van der Waals surface area contributed by atoms with E-state index >= 15 is 0 Å². The molecule has 4 aliphatic heterocycles. The van der Waals surface area contributed by atoms with Crippen LogP contribution in [0.3, 0.4) is 0 Å². The van der Waals surface area contributed by atoms with E-state index < -0.39 is 35.1 Å². The van der Waals surface area contributed by atoms with Crippen LogP contribution in [0.2, 0.25) is 0 Å². The van der Waals surface area contributed by atoms with E-state index in [0.29, 0.717) is 19.6 Å². The van der Waals surface area contributed by atoms with Crippen LogP contribution in [0, 0.1) is 11.8 Å². The van der Waals surface area contributed by atoms with Crippen molar-refractivity contribution in [3.05, 3.63) is 24.3 Å². The molecule has 1 unspecified atom stereocenters. The summed E-state index contributed by atoms with van der Waals surface area (Å²) >= 11 is 0. The summed E-state index contributed by atoms with van der Waals surface area (Å²) in [4.78, 5) is 46.5. The normalized spacial score (nSPS) is 37.5. The second-order valence-electron chi connectivity index (χ2n) is 9.95. The molecule has 0 saturated carbocycles. The van der Waals surface area contributed by atoms with Crippen LogP contribution in [-0.4, -0.2) is 93.1 Å². The highest BCUT2D eigenvalue weighted by Gasteiger charge is 2.75. The predicted molar refractivity (Wildman–Crippen MR) is 118 cm³/mol. The number of carbonyl (C=O) groups is 3. The van der Waals surface area contributed by atoms with Crippen LogP contribution in [0.4, 0.5) is 0 Å². The van der Waals surface area contributed by atoms with Crippen LogP contribution >= 0.6 is 0 Å². The lowest BCUT2D eigenvalue weighted by molar-refractivity contribution is -0.156. The number of ether oxygens (including phenoxy) is 1. The number of fused-ring (bicyclic) bond motifs is 2. The largest absolute Gasteiger partial charge is 0.394 e. The maximum Gasteiger partial charge on any atom is 0.249 e. The molecule has 0 aromatic heterocycles. The van der Waals surface area contributed by atoms with Crippen LogP contribution in [0.1, 0.15) is 41.0 Å². The van der Waals surface area contributed by atoms with Gasteiger partial charge in [-0.2, -0.15) is 0 Å². The van der Waals surface area contributed by atoms with Crippen LogP contribution in [0.5, 0.6) is 0 Å². The Kier molecular flexibility index (Phi) is 5.74. The fraction of sp³-hybridized carbons (Fsp3) is 0.708. The number of hydrogen-bond acceptors (Lipinski definition) is 5. The highest BCUT2D eigenvalue weighted by Crippen LogP contribution is 2.57. The van der Waals surface area contributed by atoms with Crippen molar-refractivity contribution < 1.29 is 24.2 Å². The molecule has 4 heterocycles. The number of rotatable bonds is 5. The Morgan fingerprint density at radius 2 is 1.75 bits per heavy atom. The first-order valence-corrected chi connectivity index (χ1v) is 11.7. The summed E-state index contributed by atoms with van der Waals surface area (Å²) in [5.41, 5.74) is -2.25. The third-order valence-electron chi connectivity index (χ3n) is 7.47. The van der Waals surface area contributed by atoms with Gasteiger partial charge in [0.15, 0.2) is 0 Å². The first-order valence-electron chi connectivity index (χ1n) is 11.7. The molecule has 0 radical (unpaired) electrons. The Hall–Kier alpha value is -2.19. The van der Waals surface area contributed by atoms with Gasteiger partial charge in [-0.25, -0.2) is 0 Å². The topological polar surface area (TPSA) is 90.4 Å². The van der Waals surface area contributed by atoms with Crippen molar-refractivity contribution in [1.29, 1.82) is 0 Å². The van der Waals surface area contributed by atoms with E-state index in [9.17, 15) is 19.5 Å². The number of aliphatic hydroxyl groups excluding tert-OH is 1. The Bertz CT molecular complexity index is 870. The molecule has 0 aliphatic carbocycles. The molecule has 6 atom stereocenters. The average Bonchev–Trinajstić information content (AvgIpc) is 3.02. The van der Waals surface area contributed by atoms with Crippen LogP contribution < -0.4 is 0 Å². The van der Waals surface area contributed by atoms with Crippen molar-refractivity contribution in [1.82, 2.24) is 14.7 Å². The molecule has 2 saturated heterocycles. The van der Waals surface area contributed by atoms with Gasteiger partial charge in [-0.1, -0.05) is 31.2 Å². The Morgan fingerprint density at radius 1 is 1.06 bits per heavy atom. The SMILES string of the molecule is CCCN1CC=C[C@]2(C)O[C@]34C=CCN(C(C)C)C(=O)C3N([C@H](C)CO)C(=O)[C@@H]4[C@@H]2C1=O. The predicted octanol–water partition coefficient (Wildman–Crippen LogP) is 0.953. The van der Waals surface area contributed by atoms with E-state index in [2.05, 4.69) is 0 Å². The monoisotopic (exact) mass is 445 g/mol. The van der Waals surface area contributed by atoms with Crippen molar-refractivity contribution in [2.75, 3.05) is 26.2 Å². The molecule has 176 valence electrons. The van der Waals surface area contributed by atoms with Gasteiger partial charge >= 0.3 is 0 Å². The van der Waals surface area contributed by atoms with Crippen LogP contribution in [-0.2, 0) is 19.1 Å². The standard InChI is InChI=1S/C24H35N3O5/c1-6-11-25-12-7-9-23(5)17(20(25)29)18-21(30)27(16(4)14-28)19-22(31)26(15(2)3)13-8-10-24(18,19)32-23/h7-10,15-19,28H,6,11-14H2,1-5H3/t16-,17-,18+,19?,23+,24+/m1/s1. The van der Waals surface area contributed by atoms with Crippen molar-refractivity contribution in [2.45, 2.75) is 70.4 Å². The molecule has 0 bridgehead atoms. The Balaban J connectivity index is 1.89. The van der Waals surface area contributed by atoms with E-state index in [-0.39, 0.29) is 30.4 Å². The summed E-state index contributed by atoms with van der Waals surface area (Å²) < 4.78 is 6.71.